The van der Waals surface area contributed by atoms with Crippen LogP contribution in [0, 0.1) is 31.3 Å². The zero-order valence-corrected chi connectivity index (χ0v) is 17.6. The number of aromatic nitrogens is 1. The van der Waals surface area contributed by atoms with E-state index < -0.39 is 30.0 Å². The second-order valence-corrected chi connectivity index (χ2v) is 7.47. The van der Waals surface area contributed by atoms with Crippen molar-refractivity contribution < 1.29 is 27.5 Å². The third kappa shape index (κ3) is 5.17. The molecule has 2 aromatic carbocycles. The number of hydrogen-bond acceptors (Lipinski definition) is 3. The minimum Gasteiger partial charge on any atom is -0.454 e. The van der Waals surface area contributed by atoms with E-state index in [9.17, 15) is 22.8 Å². The van der Waals surface area contributed by atoms with Crippen LogP contribution < -0.4 is 0 Å². The maximum atomic E-state index is 13.4. The van der Waals surface area contributed by atoms with Crippen LogP contribution in [0.15, 0.2) is 42.5 Å². The molecule has 3 aromatic rings. The predicted molar refractivity (Wildman–Crippen MR) is 110 cm³/mol. The lowest BCUT2D eigenvalue weighted by Gasteiger charge is -2.10. The first-order valence-electron chi connectivity index (χ1n) is 9.43. The summed E-state index contributed by atoms with van der Waals surface area (Å²) in [5, 5.41) is -0.310. The fraction of sp³-hybridized carbons (Fsp3) is 0.217. The summed E-state index contributed by atoms with van der Waals surface area (Å²) in [6, 6.07) is 9.20. The minimum atomic E-state index is -1.24. The summed E-state index contributed by atoms with van der Waals surface area (Å²) >= 11 is 5.76. The van der Waals surface area contributed by atoms with E-state index in [1.165, 1.54) is 12.1 Å². The first kappa shape index (κ1) is 22.6. The molecular formula is C23H19ClF3NO3. The second kappa shape index (κ2) is 9.39. The van der Waals surface area contributed by atoms with Crippen molar-refractivity contribution in [3.05, 3.63) is 93.0 Å². The van der Waals surface area contributed by atoms with Crippen molar-refractivity contribution in [3.63, 3.8) is 0 Å². The molecule has 4 nitrogen and oxygen atoms in total. The van der Waals surface area contributed by atoms with Crippen molar-refractivity contribution in [3.8, 4) is 0 Å². The number of hydrogen-bond donors (Lipinski definition) is 0. The number of halogens is 4. The van der Waals surface area contributed by atoms with Crippen molar-refractivity contribution in [2.75, 3.05) is 6.61 Å². The molecule has 0 bridgehead atoms. The maximum Gasteiger partial charge on any atom is 0.340 e. The first-order chi connectivity index (χ1) is 14.7. The maximum absolute atomic E-state index is 13.4. The number of benzene rings is 2. The van der Waals surface area contributed by atoms with Crippen LogP contribution in [-0.4, -0.2) is 22.9 Å². The van der Waals surface area contributed by atoms with E-state index in [1.54, 1.807) is 25.1 Å². The molecule has 0 unspecified atom stereocenters. The molecule has 0 amide bonds. The number of carbonyl (C=O) groups is 2. The molecule has 0 spiro atoms. The fourth-order valence-corrected chi connectivity index (χ4v) is 3.51. The van der Waals surface area contributed by atoms with E-state index in [1.807, 2.05) is 11.5 Å². The molecule has 1 heterocycles. The van der Waals surface area contributed by atoms with Gasteiger partial charge in [0.25, 0.3) is 0 Å². The van der Waals surface area contributed by atoms with Crippen LogP contribution in [0.5, 0.6) is 0 Å². The zero-order valence-electron chi connectivity index (χ0n) is 16.8. The Balaban J connectivity index is 1.67. The van der Waals surface area contributed by atoms with Crippen molar-refractivity contribution in [2.45, 2.75) is 26.8 Å². The Kier molecular flexibility index (Phi) is 6.85. The van der Waals surface area contributed by atoms with Crippen molar-refractivity contribution in [2.24, 2.45) is 0 Å². The molecule has 0 aliphatic rings. The summed E-state index contributed by atoms with van der Waals surface area (Å²) < 4.78 is 46.5. The number of carbonyl (C=O) groups excluding carboxylic acids is 2. The van der Waals surface area contributed by atoms with Gasteiger partial charge >= 0.3 is 5.97 Å². The Morgan fingerprint density at radius 1 is 0.968 bits per heavy atom. The molecule has 0 aliphatic carbocycles. The van der Waals surface area contributed by atoms with Gasteiger partial charge in [-0.15, -0.1) is 0 Å². The standard InChI is InChI=1S/C23H19ClF3NO3/c1-13-9-17(14(2)28(13)8-7-15-3-5-16(25)6-4-15)22(29)12-31-23(30)18-10-20(26)21(27)11-19(18)24/h3-6,9-11H,7-8,12H2,1-2H3. The monoisotopic (exact) mass is 449 g/mol. The molecule has 1 aromatic heterocycles. The van der Waals surface area contributed by atoms with Crippen LogP contribution in [0.3, 0.4) is 0 Å². The third-order valence-corrected chi connectivity index (χ3v) is 5.29. The molecule has 0 saturated heterocycles. The molecule has 0 fully saturated rings. The average molecular weight is 450 g/mol. The number of nitrogens with zero attached hydrogens (tertiary/aromatic N) is 1. The zero-order chi connectivity index (χ0) is 22.7. The van der Waals surface area contributed by atoms with E-state index in [0.717, 1.165) is 11.3 Å². The van der Waals surface area contributed by atoms with Crippen LogP contribution in [0.2, 0.25) is 5.02 Å². The minimum absolute atomic E-state index is 0.302. The van der Waals surface area contributed by atoms with Gasteiger partial charge in [-0.3, -0.25) is 4.79 Å². The van der Waals surface area contributed by atoms with Gasteiger partial charge in [-0.25, -0.2) is 18.0 Å². The van der Waals surface area contributed by atoms with Gasteiger partial charge in [0.05, 0.1) is 10.6 Å². The highest BCUT2D eigenvalue weighted by atomic mass is 35.5. The Bertz CT molecular complexity index is 1140. The van der Waals surface area contributed by atoms with E-state index in [0.29, 0.717) is 36.4 Å². The van der Waals surface area contributed by atoms with Crippen LogP contribution in [0.25, 0.3) is 0 Å². The van der Waals surface area contributed by atoms with E-state index >= 15 is 0 Å². The molecule has 0 radical (unpaired) electrons. The van der Waals surface area contributed by atoms with Crippen molar-refractivity contribution in [1.82, 2.24) is 4.57 Å². The van der Waals surface area contributed by atoms with E-state index in [4.69, 9.17) is 16.3 Å². The number of ether oxygens (including phenoxy) is 1. The summed E-state index contributed by atoms with van der Waals surface area (Å²) in [6.45, 7) is 3.64. The van der Waals surface area contributed by atoms with E-state index in [2.05, 4.69) is 0 Å². The normalized spacial score (nSPS) is 10.9. The second-order valence-electron chi connectivity index (χ2n) is 7.06. The van der Waals surface area contributed by atoms with Gasteiger partial charge in [0, 0.05) is 23.5 Å². The number of aryl methyl sites for hydroxylation is 2. The van der Waals surface area contributed by atoms with Crippen molar-refractivity contribution >= 4 is 23.4 Å². The number of ketones is 1. The largest absolute Gasteiger partial charge is 0.454 e. The summed E-state index contributed by atoms with van der Waals surface area (Å²) in [5.74, 6) is -4.20. The van der Waals surface area contributed by atoms with Crippen LogP contribution >= 0.6 is 11.6 Å². The Morgan fingerprint density at radius 2 is 1.61 bits per heavy atom. The highest BCUT2D eigenvalue weighted by Gasteiger charge is 2.20. The molecule has 0 N–H and O–H groups in total. The summed E-state index contributed by atoms with van der Waals surface area (Å²) in [7, 11) is 0. The molecule has 0 saturated carbocycles. The lowest BCUT2D eigenvalue weighted by molar-refractivity contribution is 0.0474. The molecule has 31 heavy (non-hydrogen) atoms. The molecule has 162 valence electrons. The Hall–Kier alpha value is -3.06. The third-order valence-electron chi connectivity index (χ3n) is 4.98. The van der Waals surface area contributed by atoms with Crippen LogP contribution in [0.4, 0.5) is 13.2 Å². The molecular weight excluding hydrogens is 431 g/mol. The average Bonchev–Trinajstić information content (AvgIpc) is 3.02. The van der Waals surface area contributed by atoms with Gasteiger partial charge in [0.1, 0.15) is 5.82 Å². The summed E-state index contributed by atoms with van der Waals surface area (Å²) in [5.41, 5.74) is 2.53. The van der Waals surface area contributed by atoms with Gasteiger partial charge in [0.15, 0.2) is 18.2 Å². The SMILES string of the molecule is Cc1cc(C(=O)COC(=O)c2cc(F)c(F)cc2Cl)c(C)n1CCc1ccc(F)cc1. The molecule has 3 rings (SSSR count). The summed E-state index contributed by atoms with van der Waals surface area (Å²) in [4.78, 5) is 24.7. The smallest absolute Gasteiger partial charge is 0.340 e. The van der Waals surface area contributed by atoms with Gasteiger partial charge in [-0.1, -0.05) is 23.7 Å². The van der Waals surface area contributed by atoms with E-state index in [-0.39, 0.29) is 16.4 Å². The topological polar surface area (TPSA) is 48.3 Å². The number of Topliss-reactive ketones (excluding diaryl/α,β-unsaturated/α-hetero) is 1. The van der Waals surface area contributed by atoms with Crippen LogP contribution in [-0.2, 0) is 17.7 Å². The summed E-state index contributed by atoms with van der Waals surface area (Å²) in [6.07, 6.45) is 0.647. The number of rotatable bonds is 7. The highest BCUT2D eigenvalue weighted by Crippen LogP contribution is 2.22. The predicted octanol–water partition coefficient (Wildman–Crippen LogP) is 5.46. The lowest BCUT2D eigenvalue weighted by atomic mass is 10.1. The highest BCUT2D eigenvalue weighted by molar-refractivity contribution is 6.33. The molecule has 8 heteroatoms. The number of esters is 1. The Morgan fingerprint density at radius 3 is 2.29 bits per heavy atom. The van der Waals surface area contributed by atoms with Gasteiger partial charge < -0.3 is 9.30 Å². The van der Waals surface area contributed by atoms with Crippen molar-refractivity contribution in [1.29, 1.82) is 0 Å². The van der Waals surface area contributed by atoms with Gasteiger partial charge in [0.2, 0.25) is 5.78 Å². The lowest BCUT2D eigenvalue weighted by Crippen LogP contribution is -2.16. The first-order valence-corrected chi connectivity index (χ1v) is 9.81. The van der Waals surface area contributed by atoms with Gasteiger partial charge in [-0.05, 0) is 56.2 Å². The Labute approximate surface area is 182 Å². The van der Waals surface area contributed by atoms with Crippen LogP contribution in [0.1, 0.15) is 37.7 Å². The quantitative estimate of drug-likeness (QED) is 0.273. The van der Waals surface area contributed by atoms with Gasteiger partial charge in [-0.2, -0.15) is 0 Å². The molecule has 0 atom stereocenters. The molecule has 0 aliphatic heterocycles. The fourth-order valence-electron chi connectivity index (χ4n) is 3.29.